The van der Waals surface area contributed by atoms with Crippen LogP contribution in [0.3, 0.4) is 0 Å². The quantitative estimate of drug-likeness (QED) is 0.778. The van der Waals surface area contributed by atoms with Gasteiger partial charge in [0.15, 0.2) is 6.61 Å². The average molecular weight is 394 g/mol. The highest BCUT2D eigenvalue weighted by molar-refractivity contribution is 9.10. The fourth-order valence-electron chi connectivity index (χ4n) is 2.20. The van der Waals surface area contributed by atoms with Crippen LogP contribution in [0, 0.1) is 0 Å². The molecular weight excluding hydrogens is 374 g/mol. The lowest BCUT2D eigenvalue weighted by Crippen LogP contribution is -2.31. The monoisotopic (exact) mass is 393 g/mol. The van der Waals surface area contributed by atoms with Gasteiger partial charge < -0.3 is 19.5 Å². The van der Waals surface area contributed by atoms with Crippen molar-refractivity contribution in [3.8, 4) is 17.2 Å². The van der Waals surface area contributed by atoms with Crippen molar-refractivity contribution in [3.05, 3.63) is 52.5 Å². The van der Waals surface area contributed by atoms with Crippen LogP contribution in [0.1, 0.15) is 18.5 Å². The first-order chi connectivity index (χ1) is 11.5. The number of hydrogen-bond acceptors (Lipinski definition) is 4. The van der Waals surface area contributed by atoms with Crippen LogP contribution in [0.15, 0.2) is 46.9 Å². The second kappa shape index (κ2) is 8.59. The number of methoxy groups -OCH3 is 2. The normalized spacial score (nSPS) is 11.5. The zero-order valence-electron chi connectivity index (χ0n) is 13.8. The lowest BCUT2D eigenvalue weighted by molar-refractivity contribution is -0.123. The molecule has 0 aliphatic heterocycles. The van der Waals surface area contributed by atoms with E-state index in [4.69, 9.17) is 14.2 Å². The van der Waals surface area contributed by atoms with Gasteiger partial charge >= 0.3 is 0 Å². The average Bonchev–Trinajstić information content (AvgIpc) is 2.59. The summed E-state index contributed by atoms with van der Waals surface area (Å²) >= 11 is 3.48. The van der Waals surface area contributed by atoms with E-state index in [2.05, 4.69) is 21.2 Å². The van der Waals surface area contributed by atoms with Crippen LogP contribution < -0.4 is 19.5 Å². The lowest BCUT2D eigenvalue weighted by atomic mass is 10.1. The van der Waals surface area contributed by atoms with Gasteiger partial charge in [0.2, 0.25) is 0 Å². The van der Waals surface area contributed by atoms with Gasteiger partial charge in [0, 0.05) is 22.7 Å². The number of halogens is 1. The number of carbonyl (C=O) groups is 1. The van der Waals surface area contributed by atoms with Crippen LogP contribution in [0.2, 0.25) is 0 Å². The van der Waals surface area contributed by atoms with Gasteiger partial charge in [-0.2, -0.15) is 0 Å². The van der Waals surface area contributed by atoms with Crippen molar-refractivity contribution in [2.75, 3.05) is 20.8 Å². The Hall–Kier alpha value is -2.21. The molecule has 0 bridgehead atoms. The molecule has 0 heterocycles. The largest absolute Gasteiger partial charge is 0.496 e. The molecular formula is C18H20BrNO4. The zero-order valence-corrected chi connectivity index (χ0v) is 15.4. The van der Waals surface area contributed by atoms with Crippen molar-refractivity contribution < 1.29 is 19.0 Å². The molecule has 0 aliphatic carbocycles. The third-order valence-corrected chi connectivity index (χ3v) is 4.17. The number of carbonyl (C=O) groups excluding carboxylic acids is 1. The predicted molar refractivity (Wildman–Crippen MR) is 95.7 cm³/mol. The van der Waals surface area contributed by atoms with Crippen LogP contribution in [0.25, 0.3) is 0 Å². The van der Waals surface area contributed by atoms with E-state index in [9.17, 15) is 4.79 Å². The molecule has 0 fully saturated rings. The summed E-state index contributed by atoms with van der Waals surface area (Å²) in [5, 5.41) is 2.91. The summed E-state index contributed by atoms with van der Waals surface area (Å²) in [7, 11) is 3.12. The Morgan fingerprint density at radius 2 is 1.67 bits per heavy atom. The Morgan fingerprint density at radius 1 is 1.08 bits per heavy atom. The van der Waals surface area contributed by atoms with E-state index in [-0.39, 0.29) is 18.6 Å². The van der Waals surface area contributed by atoms with Crippen molar-refractivity contribution >= 4 is 21.8 Å². The molecule has 2 aromatic rings. The van der Waals surface area contributed by atoms with Crippen LogP contribution in [0.5, 0.6) is 17.2 Å². The number of amides is 1. The topological polar surface area (TPSA) is 56.8 Å². The van der Waals surface area contributed by atoms with Crippen LogP contribution >= 0.6 is 15.9 Å². The Labute approximate surface area is 150 Å². The first-order valence-corrected chi connectivity index (χ1v) is 8.22. The molecule has 2 rings (SSSR count). The van der Waals surface area contributed by atoms with Crippen LogP contribution in [-0.2, 0) is 4.79 Å². The molecule has 1 N–H and O–H groups in total. The summed E-state index contributed by atoms with van der Waals surface area (Å²) in [4.78, 5) is 12.1. The van der Waals surface area contributed by atoms with E-state index in [1.807, 2.05) is 31.2 Å². The van der Waals surface area contributed by atoms with Gasteiger partial charge in [-0.25, -0.2) is 0 Å². The molecule has 6 heteroatoms. The standard InChI is InChI=1S/C18H20BrNO4/c1-12(16-6-4-5-7-17(16)19)20-18(21)11-24-15-9-13(22-2)8-14(10-15)23-3/h4-10,12H,11H2,1-3H3,(H,20,21)/t12-/m1/s1. The molecule has 0 saturated heterocycles. The highest BCUT2D eigenvalue weighted by Gasteiger charge is 2.13. The highest BCUT2D eigenvalue weighted by Crippen LogP contribution is 2.27. The van der Waals surface area contributed by atoms with Crippen molar-refractivity contribution in [1.82, 2.24) is 5.32 Å². The Morgan fingerprint density at radius 3 is 2.25 bits per heavy atom. The van der Waals surface area contributed by atoms with E-state index in [1.165, 1.54) is 0 Å². The fourth-order valence-corrected chi connectivity index (χ4v) is 2.83. The van der Waals surface area contributed by atoms with Gasteiger partial charge in [0.1, 0.15) is 17.2 Å². The molecule has 0 radical (unpaired) electrons. The third-order valence-electron chi connectivity index (χ3n) is 3.44. The molecule has 24 heavy (non-hydrogen) atoms. The number of benzene rings is 2. The first kappa shape index (κ1) is 18.1. The van der Waals surface area contributed by atoms with Gasteiger partial charge in [-0.05, 0) is 18.6 Å². The number of ether oxygens (including phenoxy) is 3. The van der Waals surface area contributed by atoms with Gasteiger partial charge in [0.25, 0.3) is 5.91 Å². The summed E-state index contributed by atoms with van der Waals surface area (Å²) in [5.74, 6) is 1.51. The second-order valence-electron chi connectivity index (χ2n) is 5.15. The number of hydrogen-bond donors (Lipinski definition) is 1. The molecule has 0 aromatic heterocycles. The molecule has 1 atom stereocenters. The van der Waals surface area contributed by atoms with E-state index in [0.717, 1.165) is 10.0 Å². The van der Waals surface area contributed by atoms with Crippen LogP contribution in [0.4, 0.5) is 0 Å². The smallest absolute Gasteiger partial charge is 0.258 e. The molecule has 0 spiro atoms. The second-order valence-corrected chi connectivity index (χ2v) is 6.00. The molecule has 128 valence electrons. The summed E-state index contributed by atoms with van der Waals surface area (Å²) in [6, 6.07) is 12.8. The molecule has 2 aromatic carbocycles. The Balaban J connectivity index is 1.95. The Bertz CT molecular complexity index is 683. The minimum atomic E-state index is -0.208. The molecule has 0 aliphatic rings. The van der Waals surface area contributed by atoms with E-state index >= 15 is 0 Å². The predicted octanol–water partition coefficient (Wildman–Crippen LogP) is 3.72. The minimum absolute atomic E-state index is 0.0921. The summed E-state index contributed by atoms with van der Waals surface area (Å²) in [6.07, 6.45) is 0. The molecule has 0 unspecified atom stereocenters. The van der Waals surface area contributed by atoms with Gasteiger partial charge in [0.05, 0.1) is 20.3 Å². The highest BCUT2D eigenvalue weighted by atomic mass is 79.9. The Kier molecular flexibility index (Phi) is 6.49. The van der Waals surface area contributed by atoms with Crippen molar-refractivity contribution in [3.63, 3.8) is 0 Å². The van der Waals surface area contributed by atoms with E-state index in [1.54, 1.807) is 32.4 Å². The summed E-state index contributed by atoms with van der Waals surface area (Å²) in [6.45, 7) is 1.83. The SMILES string of the molecule is COc1cc(OC)cc(OCC(=O)N[C@H](C)c2ccccc2Br)c1. The maximum Gasteiger partial charge on any atom is 0.258 e. The number of rotatable bonds is 7. The number of nitrogens with one attached hydrogen (secondary N) is 1. The van der Waals surface area contributed by atoms with Crippen molar-refractivity contribution in [2.45, 2.75) is 13.0 Å². The maximum atomic E-state index is 12.1. The lowest BCUT2D eigenvalue weighted by Gasteiger charge is -2.16. The van der Waals surface area contributed by atoms with Crippen molar-refractivity contribution in [1.29, 1.82) is 0 Å². The van der Waals surface area contributed by atoms with E-state index < -0.39 is 0 Å². The minimum Gasteiger partial charge on any atom is -0.496 e. The first-order valence-electron chi connectivity index (χ1n) is 7.43. The maximum absolute atomic E-state index is 12.1. The van der Waals surface area contributed by atoms with Crippen LogP contribution in [-0.4, -0.2) is 26.7 Å². The van der Waals surface area contributed by atoms with Gasteiger partial charge in [-0.1, -0.05) is 34.1 Å². The van der Waals surface area contributed by atoms with Gasteiger partial charge in [-0.3, -0.25) is 4.79 Å². The fraction of sp³-hybridized carbons (Fsp3) is 0.278. The summed E-state index contributed by atoms with van der Waals surface area (Å²) in [5.41, 5.74) is 1.01. The molecule has 0 saturated carbocycles. The summed E-state index contributed by atoms with van der Waals surface area (Å²) < 4.78 is 16.8. The zero-order chi connectivity index (χ0) is 17.5. The molecule has 5 nitrogen and oxygen atoms in total. The van der Waals surface area contributed by atoms with E-state index in [0.29, 0.717) is 17.2 Å². The van der Waals surface area contributed by atoms with Gasteiger partial charge in [-0.15, -0.1) is 0 Å². The molecule has 1 amide bonds. The van der Waals surface area contributed by atoms with Crippen molar-refractivity contribution in [2.24, 2.45) is 0 Å². The third kappa shape index (κ3) is 4.89.